The third kappa shape index (κ3) is 5.30. The Morgan fingerprint density at radius 2 is 1.32 bits per heavy atom. The molecule has 0 aliphatic carbocycles. The van der Waals surface area contributed by atoms with E-state index in [-0.39, 0.29) is 0 Å². The average molecular weight is 303 g/mol. The lowest BCUT2D eigenvalue weighted by Crippen LogP contribution is -2.21. The number of hydrogen-bond donors (Lipinski definition) is 2. The average Bonchev–Trinajstić information content (AvgIpc) is 3.16. The first-order valence-electron chi connectivity index (χ1n) is 8.45. The number of H-pyrrole nitrogens is 2. The fourth-order valence-corrected chi connectivity index (χ4v) is 2.62. The first-order valence-corrected chi connectivity index (χ1v) is 8.45. The van der Waals surface area contributed by atoms with Gasteiger partial charge in [-0.15, -0.1) is 0 Å². The van der Waals surface area contributed by atoms with Crippen molar-refractivity contribution in [3.8, 4) is 0 Å². The lowest BCUT2D eigenvalue weighted by atomic mass is 10.2. The quantitative estimate of drug-likeness (QED) is 0.709. The van der Waals surface area contributed by atoms with Crippen LogP contribution in [-0.2, 0) is 25.7 Å². The first kappa shape index (κ1) is 16.7. The summed E-state index contributed by atoms with van der Waals surface area (Å²) in [6.07, 6.45) is 10.4. The highest BCUT2D eigenvalue weighted by Gasteiger charge is 2.03. The molecule has 0 aromatic carbocycles. The number of aromatic amines is 2. The van der Waals surface area contributed by atoms with Crippen molar-refractivity contribution in [1.29, 1.82) is 0 Å². The summed E-state index contributed by atoms with van der Waals surface area (Å²) in [4.78, 5) is 17.8. The molecule has 2 N–H and O–H groups in total. The van der Waals surface area contributed by atoms with Gasteiger partial charge in [0.15, 0.2) is 0 Å². The fraction of sp³-hybridized carbons (Fsp3) is 0.647. The van der Waals surface area contributed by atoms with Crippen LogP contribution in [0, 0.1) is 0 Å². The van der Waals surface area contributed by atoms with Gasteiger partial charge in [0.2, 0.25) is 0 Å². The second-order valence-electron chi connectivity index (χ2n) is 5.93. The molecule has 0 spiro atoms. The van der Waals surface area contributed by atoms with E-state index in [1.807, 2.05) is 12.4 Å². The fourth-order valence-electron chi connectivity index (χ4n) is 2.62. The third-order valence-corrected chi connectivity index (χ3v) is 4.00. The van der Waals surface area contributed by atoms with Crippen LogP contribution in [0.15, 0.2) is 12.4 Å². The van der Waals surface area contributed by atoms with Gasteiger partial charge in [-0.25, -0.2) is 9.97 Å². The van der Waals surface area contributed by atoms with Crippen LogP contribution in [0.3, 0.4) is 0 Å². The van der Waals surface area contributed by atoms with Crippen molar-refractivity contribution in [2.75, 3.05) is 20.1 Å². The molecule has 0 fully saturated rings. The number of nitrogens with one attached hydrogen (secondary N) is 2. The Kier molecular flexibility index (Phi) is 6.65. The van der Waals surface area contributed by atoms with Gasteiger partial charge in [0, 0.05) is 36.6 Å². The number of rotatable bonds is 10. The Balaban J connectivity index is 1.58. The molecule has 5 heteroatoms. The summed E-state index contributed by atoms with van der Waals surface area (Å²) in [6, 6.07) is 0. The maximum Gasteiger partial charge on any atom is 0.105 e. The highest BCUT2D eigenvalue weighted by Crippen LogP contribution is 2.05. The van der Waals surface area contributed by atoms with E-state index < -0.39 is 0 Å². The van der Waals surface area contributed by atoms with E-state index in [1.54, 1.807) is 0 Å². The molecule has 0 unspecified atom stereocenters. The summed E-state index contributed by atoms with van der Waals surface area (Å²) in [5.41, 5.74) is 2.52. The summed E-state index contributed by atoms with van der Waals surface area (Å²) in [7, 11) is 2.20. The molecule has 22 heavy (non-hydrogen) atoms. The highest BCUT2D eigenvalue weighted by atomic mass is 15.1. The zero-order chi connectivity index (χ0) is 15.8. The van der Waals surface area contributed by atoms with E-state index in [4.69, 9.17) is 0 Å². The predicted molar refractivity (Wildman–Crippen MR) is 90.1 cm³/mol. The molecule has 0 aliphatic rings. The topological polar surface area (TPSA) is 60.6 Å². The number of imidazole rings is 2. The van der Waals surface area contributed by atoms with Crippen LogP contribution in [0.1, 0.15) is 49.7 Å². The molecule has 2 aromatic heterocycles. The molecule has 2 heterocycles. The van der Waals surface area contributed by atoms with E-state index >= 15 is 0 Å². The molecule has 0 radical (unpaired) electrons. The zero-order valence-electron chi connectivity index (χ0n) is 14.2. The molecule has 0 bridgehead atoms. The van der Waals surface area contributed by atoms with Gasteiger partial charge in [-0.1, -0.05) is 13.8 Å². The van der Waals surface area contributed by atoms with E-state index in [1.165, 1.54) is 24.2 Å². The van der Waals surface area contributed by atoms with Crippen LogP contribution in [-0.4, -0.2) is 45.0 Å². The van der Waals surface area contributed by atoms with Crippen LogP contribution in [0.25, 0.3) is 0 Å². The summed E-state index contributed by atoms with van der Waals surface area (Å²) in [5.74, 6) is 2.18. The van der Waals surface area contributed by atoms with Gasteiger partial charge in [0.1, 0.15) is 11.6 Å². The monoisotopic (exact) mass is 303 g/mol. The molecule has 0 atom stereocenters. The maximum atomic E-state index is 4.35. The van der Waals surface area contributed by atoms with Crippen molar-refractivity contribution in [1.82, 2.24) is 24.8 Å². The Labute approximate surface area is 133 Å². The Hall–Kier alpha value is -1.62. The van der Waals surface area contributed by atoms with Crippen LogP contribution >= 0.6 is 0 Å². The number of nitrogens with zero attached hydrogens (tertiary/aromatic N) is 3. The lowest BCUT2D eigenvalue weighted by molar-refractivity contribution is 0.324. The Morgan fingerprint density at radius 3 is 1.68 bits per heavy atom. The summed E-state index contributed by atoms with van der Waals surface area (Å²) in [6.45, 7) is 6.51. The first-order chi connectivity index (χ1) is 10.7. The molecule has 2 aromatic rings. The van der Waals surface area contributed by atoms with E-state index in [0.717, 1.165) is 50.4 Å². The van der Waals surface area contributed by atoms with Crippen molar-refractivity contribution >= 4 is 0 Å². The Morgan fingerprint density at radius 1 is 0.864 bits per heavy atom. The number of aryl methyl sites for hydroxylation is 4. The van der Waals surface area contributed by atoms with Gasteiger partial charge >= 0.3 is 0 Å². The Bertz CT molecular complexity index is 494. The molecule has 0 amide bonds. The summed E-state index contributed by atoms with van der Waals surface area (Å²) >= 11 is 0. The van der Waals surface area contributed by atoms with Crippen LogP contribution in [0.5, 0.6) is 0 Å². The maximum absolute atomic E-state index is 4.35. The minimum Gasteiger partial charge on any atom is -0.346 e. The summed E-state index contributed by atoms with van der Waals surface area (Å²) in [5, 5.41) is 0. The molecule has 5 nitrogen and oxygen atoms in total. The molecular formula is C17H29N5. The van der Waals surface area contributed by atoms with Gasteiger partial charge in [0.25, 0.3) is 0 Å². The van der Waals surface area contributed by atoms with Crippen molar-refractivity contribution in [2.45, 2.75) is 52.4 Å². The van der Waals surface area contributed by atoms with E-state index in [9.17, 15) is 0 Å². The largest absolute Gasteiger partial charge is 0.346 e. The van der Waals surface area contributed by atoms with Crippen LogP contribution in [0.2, 0.25) is 0 Å². The molecule has 122 valence electrons. The molecule has 0 saturated carbocycles. The smallest absolute Gasteiger partial charge is 0.105 e. The standard InChI is InChI=1S/C17H29N5/c1-4-16-18-12-14(20-16)8-6-10-22(3)11-7-9-15-13-19-17(5-2)21-15/h12-13H,4-11H2,1-3H3,(H,18,20)(H,19,21). The zero-order valence-corrected chi connectivity index (χ0v) is 14.2. The van der Waals surface area contributed by atoms with Crippen molar-refractivity contribution in [3.05, 3.63) is 35.4 Å². The van der Waals surface area contributed by atoms with Gasteiger partial charge in [0.05, 0.1) is 0 Å². The molecule has 2 rings (SSSR count). The highest BCUT2D eigenvalue weighted by molar-refractivity contribution is 5.02. The second-order valence-corrected chi connectivity index (χ2v) is 5.93. The van der Waals surface area contributed by atoms with Crippen molar-refractivity contribution < 1.29 is 0 Å². The predicted octanol–water partition coefficient (Wildman–Crippen LogP) is 2.75. The second kappa shape index (κ2) is 8.73. The SMILES string of the molecule is CCc1ncc(CCCN(C)CCCc2cnc(CC)[nH]2)[nH]1. The van der Waals surface area contributed by atoms with Gasteiger partial charge in [-0.2, -0.15) is 0 Å². The third-order valence-electron chi connectivity index (χ3n) is 4.00. The number of aromatic nitrogens is 4. The minimum absolute atomic E-state index is 0.979. The van der Waals surface area contributed by atoms with Gasteiger partial charge < -0.3 is 14.9 Å². The van der Waals surface area contributed by atoms with E-state index in [2.05, 4.69) is 45.7 Å². The van der Waals surface area contributed by atoms with Gasteiger partial charge in [-0.3, -0.25) is 0 Å². The molecular weight excluding hydrogens is 274 g/mol. The van der Waals surface area contributed by atoms with Crippen LogP contribution < -0.4 is 0 Å². The normalized spacial score (nSPS) is 11.5. The number of hydrogen-bond acceptors (Lipinski definition) is 3. The van der Waals surface area contributed by atoms with Crippen molar-refractivity contribution in [3.63, 3.8) is 0 Å². The molecule has 0 saturated heterocycles. The molecule has 0 aliphatic heterocycles. The van der Waals surface area contributed by atoms with Crippen LogP contribution in [0.4, 0.5) is 0 Å². The summed E-state index contributed by atoms with van der Waals surface area (Å²) < 4.78 is 0. The van der Waals surface area contributed by atoms with E-state index in [0.29, 0.717) is 0 Å². The minimum atomic E-state index is 0.979. The van der Waals surface area contributed by atoms with Crippen molar-refractivity contribution in [2.24, 2.45) is 0 Å². The lowest BCUT2D eigenvalue weighted by Gasteiger charge is -2.15. The van der Waals surface area contributed by atoms with Gasteiger partial charge in [-0.05, 0) is 45.8 Å².